The third-order valence-electron chi connectivity index (χ3n) is 4.31. The molecule has 0 heterocycles. The van der Waals surface area contributed by atoms with E-state index in [2.05, 4.69) is 5.32 Å². The number of rotatable bonds is 10. The summed E-state index contributed by atoms with van der Waals surface area (Å²) in [5.41, 5.74) is 1.84. The van der Waals surface area contributed by atoms with Crippen molar-refractivity contribution in [1.82, 2.24) is 10.2 Å². The Kier molecular flexibility index (Phi) is 7.95. The van der Waals surface area contributed by atoms with Gasteiger partial charge >= 0.3 is 0 Å². The summed E-state index contributed by atoms with van der Waals surface area (Å²) in [7, 11) is 8.24. The summed E-state index contributed by atoms with van der Waals surface area (Å²) >= 11 is 0. The van der Waals surface area contributed by atoms with E-state index in [1.54, 1.807) is 40.6 Å². The van der Waals surface area contributed by atoms with Crippen molar-refractivity contribution in [3.63, 3.8) is 0 Å². The Balaban J connectivity index is 1.96. The van der Waals surface area contributed by atoms with Gasteiger partial charge in [0.05, 0.1) is 35.0 Å². The van der Waals surface area contributed by atoms with Crippen LogP contribution in [0.1, 0.15) is 11.1 Å². The van der Waals surface area contributed by atoms with Gasteiger partial charge in [-0.05, 0) is 19.2 Å². The lowest BCUT2D eigenvalue weighted by molar-refractivity contribution is -0.122. The lowest BCUT2D eigenvalue weighted by Gasteiger charge is -2.18. The molecule has 0 unspecified atom stereocenters. The van der Waals surface area contributed by atoms with Crippen molar-refractivity contribution in [2.45, 2.75) is 13.1 Å². The summed E-state index contributed by atoms with van der Waals surface area (Å²) in [5.74, 6) is 2.51. The van der Waals surface area contributed by atoms with Gasteiger partial charge in [-0.15, -0.1) is 0 Å². The third kappa shape index (κ3) is 5.53. The molecule has 1 N–H and O–H groups in total. The minimum atomic E-state index is -0.0887. The maximum absolute atomic E-state index is 12.4. The van der Waals surface area contributed by atoms with Gasteiger partial charge in [0.15, 0.2) is 11.5 Å². The van der Waals surface area contributed by atoms with E-state index in [1.165, 1.54) is 0 Å². The van der Waals surface area contributed by atoms with Gasteiger partial charge in [0.1, 0.15) is 11.5 Å². The van der Waals surface area contributed by atoms with Gasteiger partial charge in [-0.25, -0.2) is 0 Å². The minimum absolute atomic E-state index is 0.0887. The van der Waals surface area contributed by atoms with Crippen LogP contribution in [0.4, 0.5) is 0 Å². The Labute approximate surface area is 166 Å². The zero-order chi connectivity index (χ0) is 20.5. The molecule has 1 amide bonds. The Hall–Kier alpha value is -2.93. The zero-order valence-corrected chi connectivity index (χ0v) is 17.1. The van der Waals surface area contributed by atoms with Crippen molar-refractivity contribution in [3.8, 4) is 23.0 Å². The van der Waals surface area contributed by atoms with Gasteiger partial charge in [0.25, 0.3) is 0 Å². The van der Waals surface area contributed by atoms with E-state index < -0.39 is 0 Å². The number of nitrogens with zero attached hydrogens (tertiary/aromatic N) is 1. The Bertz CT molecular complexity index is 794. The van der Waals surface area contributed by atoms with E-state index in [4.69, 9.17) is 18.9 Å². The van der Waals surface area contributed by atoms with Crippen molar-refractivity contribution in [2.24, 2.45) is 0 Å². The van der Waals surface area contributed by atoms with Crippen LogP contribution in [-0.4, -0.2) is 52.8 Å². The minimum Gasteiger partial charge on any atom is -0.496 e. The quantitative estimate of drug-likeness (QED) is 0.674. The lowest BCUT2D eigenvalue weighted by atomic mass is 10.1. The first-order valence-electron chi connectivity index (χ1n) is 8.88. The molecule has 0 spiro atoms. The molecule has 0 bridgehead atoms. The topological polar surface area (TPSA) is 69.3 Å². The molecule has 152 valence electrons. The first-order chi connectivity index (χ1) is 13.5. The molecule has 0 aliphatic carbocycles. The van der Waals surface area contributed by atoms with E-state index in [0.717, 1.165) is 16.9 Å². The van der Waals surface area contributed by atoms with E-state index in [1.807, 2.05) is 36.2 Å². The molecule has 2 aromatic carbocycles. The number of likely N-dealkylation sites (N-methyl/N-ethyl adjacent to an activating group) is 1. The number of carbonyl (C=O) groups excluding carboxylic acids is 1. The van der Waals surface area contributed by atoms with Crippen LogP contribution in [0.3, 0.4) is 0 Å². The predicted molar refractivity (Wildman–Crippen MR) is 107 cm³/mol. The van der Waals surface area contributed by atoms with Gasteiger partial charge in [0, 0.05) is 30.3 Å². The van der Waals surface area contributed by atoms with Crippen molar-refractivity contribution < 1.29 is 23.7 Å². The average molecular weight is 388 g/mol. The van der Waals surface area contributed by atoms with Crippen LogP contribution >= 0.6 is 0 Å². The van der Waals surface area contributed by atoms with Crippen molar-refractivity contribution in [2.75, 3.05) is 42.0 Å². The summed E-state index contributed by atoms with van der Waals surface area (Å²) in [5, 5.41) is 2.92. The first-order valence-corrected chi connectivity index (χ1v) is 8.88. The van der Waals surface area contributed by atoms with Gasteiger partial charge in [0.2, 0.25) is 5.91 Å². The molecular formula is C21H28N2O5. The monoisotopic (exact) mass is 388 g/mol. The van der Waals surface area contributed by atoms with Crippen LogP contribution in [0.5, 0.6) is 23.0 Å². The number of ether oxygens (including phenoxy) is 4. The van der Waals surface area contributed by atoms with Crippen LogP contribution in [0.15, 0.2) is 36.4 Å². The van der Waals surface area contributed by atoms with Crippen LogP contribution in [0.25, 0.3) is 0 Å². The normalized spacial score (nSPS) is 10.5. The summed E-state index contributed by atoms with van der Waals surface area (Å²) in [6, 6.07) is 11.3. The van der Waals surface area contributed by atoms with E-state index in [9.17, 15) is 4.79 Å². The predicted octanol–water partition coefficient (Wildman–Crippen LogP) is 2.47. The van der Waals surface area contributed by atoms with Crippen LogP contribution in [-0.2, 0) is 17.9 Å². The second kappa shape index (κ2) is 10.4. The molecule has 2 rings (SSSR count). The number of benzene rings is 2. The molecule has 0 aromatic heterocycles. The summed E-state index contributed by atoms with van der Waals surface area (Å²) in [6.07, 6.45) is 0. The van der Waals surface area contributed by atoms with Crippen LogP contribution in [0, 0.1) is 0 Å². The highest BCUT2D eigenvalue weighted by Gasteiger charge is 2.14. The van der Waals surface area contributed by atoms with Gasteiger partial charge in [-0.2, -0.15) is 0 Å². The second-order valence-electron chi connectivity index (χ2n) is 6.28. The Morgan fingerprint density at radius 2 is 1.46 bits per heavy atom. The lowest BCUT2D eigenvalue weighted by Crippen LogP contribution is -2.34. The molecule has 0 aliphatic heterocycles. The van der Waals surface area contributed by atoms with E-state index in [0.29, 0.717) is 30.3 Å². The highest BCUT2D eigenvalue weighted by molar-refractivity contribution is 5.78. The SMILES string of the molecule is COc1cc(OC)c(OC)cc1CNC(=O)CN(C)Cc1ccccc1OC. The fourth-order valence-electron chi connectivity index (χ4n) is 2.91. The summed E-state index contributed by atoms with van der Waals surface area (Å²) in [4.78, 5) is 14.3. The largest absolute Gasteiger partial charge is 0.496 e. The summed E-state index contributed by atoms with van der Waals surface area (Å²) < 4.78 is 21.4. The summed E-state index contributed by atoms with van der Waals surface area (Å²) in [6.45, 7) is 1.19. The molecule has 0 radical (unpaired) electrons. The molecular weight excluding hydrogens is 360 g/mol. The number of para-hydroxylation sites is 1. The average Bonchev–Trinajstić information content (AvgIpc) is 2.71. The standard InChI is InChI=1S/C21H28N2O5/c1-23(13-15-8-6-7-9-17(15)25-2)14-21(24)22-12-16-10-19(27-4)20(28-5)11-18(16)26-3/h6-11H,12-14H2,1-5H3,(H,22,24). The highest BCUT2D eigenvalue weighted by atomic mass is 16.5. The number of methoxy groups -OCH3 is 4. The molecule has 7 heteroatoms. The van der Waals surface area contributed by atoms with Gasteiger partial charge in [-0.1, -0.05) is 18.2 Å². The molecule has 0 atom stereocenters. The highest BCUT2D eigenvalue weighted by Crippen LogP contribution is 2.34. The van der Waals surface area contributed by atoms with Crippen molar-refractivity contribution in [1.29, 1.82) is 0 Å². The number of amides is 1. The van der Waals surface area contributed by atoms with Gasteiger partial charge < -0.3 is 24.3 Å². The number of carbonyl (C=O) groups is 1. The third-order valence-corrected chi connectivity index (χ3v) is 4.31. The molecule has 2 aromatic rings. The molecule has 28 heavy (non-hydrogen) atoms. The number of nitrogens with one attached hydrogen (secondary N) is 1. The van der Waals surface area contributed by atoms with Crippen molar-refractivity contribution in [3.05, 3.63) is 47.5 Å². The molecule has 0 fully saturated rings. The number of hydrogen-bond acceptors (Lipinski definition) is 6. The fraction of sp³-hybridized carbons (Fsp3) is 0.381. The molecule has 0 saturated heterocycles. The molecule has 0 aliphatic rings. The smallest absolute Gasteiger partial charge is 0.234 e. The fourth-order valence-corrected chi connectivity index (χ4v) is 2.91. The Morgan fingerprint density at radius 3 is 2.11 bits per heavy atom. The van der Waals surface area contributed by atoms with Gasteiger partial charge in [-0.3, -0.25) is 9.69 Å². The molecule has 7 nitrogen and oxygen atoms in total. The van der Waals surface area contributed by atoms with Crippen LogP contribution in [0.2, 0.25) is 0 Å². The maximum atomic E-state index is 12.4. The number of hydrogen-bond donors (Lipinski definition) is 1. The second-order valence-corrected chi connectivity index (χ2v) is 6.28. The first kappa shape index (κ1) is 21.4. The van der Waals surface area contributed by atoms with Crippen LogP contribution < -0.4 is 24.3 Å². The Morgan fingerprint density at radius 1 is 0.857 bits per heavy atom. The van der Waals surface area contributed by atoms with E-state index in [-0.39, 0.29) is 12.5 Å². The van der Waals surface area contributed by atoms with Crippen molar-refractivity contribution >= 4 is 5.91 Å². The maximum Gasteiger partial charge on any atom is 0.234 e. The molecule has 0 saturated carbocycles. The van der Waals surface area contributed by atoms with E-state index >= 15 is 0 Å². The zero-order valence-electron chi connectivity index (χ0n) is 17.1.